The van der Waals surface area contributed by atoms with Gasteiger partial charge in [0.15, 0.2) is 0 Å². The molecule has 0 aliphatic carbocycles. The molecule has 0 aliphatic heterocycles. The molecule has 2 aromatic rings. The molecule has 6 heteroatoms. The van der Waals surface area contributed by atoms with Crippen molar-refractivity contribution in [1.29, 1.82) is 0 Å². The van der Waals surface area contributed by atoms with Crippen LogP contribution in [0.25, 0.3) is 0 Å². The van der Waals surface area contributed by atoms with Crippen molar-refractivity contribution in [3.63, 3.8) is 0 Å². The molecule has 0 spiro atoms. The van der Waals surface area contributed by atoms with Crippen LogP contribution in [0.15, 0.2) is 54.6 Å². The van der Waals surface area contributed by atoms with Crippen LogP contribution in [0.2, 0.25) is 0 Å². The van der Waals surface area contributed by atoms with Gasteiger partial charge in [0.2, 0.25) is 5.91 Å². The third-order valence-corrected chi connectivity index (χ3v) is 3.34. The Morgan fingerprint density at radius 2 is 1.67 bits per heavy atom. The second-order valence-corrected chi connectivity index (χ2v) is 5.09. The van der Waals surface area contributed by atoms with Crippen LogP contribution in [0.1, 0.15) is 5.56 Å². The van der Waals surface area contributed by atoms with E-state index in [-0.39, 0.29) is 18.5 Å². The number of nitrogens with one attached hydrogen (secondary N) is 3. The van der Waals surface area contributed by atoms with E-state index in [1.165, 1.54) is 0 Å². The van der Waals surface area contributed by atoms with Crippen LogP contribution in [0.4, 0.5) is 10.5 Å². The first-order chi connectivity index (χ1) is 11.7. The van der Waals surface area contributed by atoms with E-state index in [2.05, 4.69) is 16.0 Å². The number of carbonyl (C=O) groups is 2. The third kappa shape index (κ3) is 5.64. The molecule has 0 bridgehead atoms. The normalized spacial score (nSPS) is 9.88. The van der Waals surface area contributed by atoms with Crippen LogP contribution in [0.3, 0.4) is 0 Å². The summed E-state index contributed by atoms with van der Waals surface area (Å²) in [5.74, 6) is 0.517. The van der Waals surface area contributed by atoms with Gasteiger partial charge in [0.25, 0.3) is 0 Å². The smallest absolute Gasteiger partial charge is 0.315 e. The standard InChI is InChI=1S/C18H21N3O3/c1-24-16-10-6-5-7-14(16)11-12-19-18(23)20-13-17(22)21-15-8-3-2-4-9-15/h2-10H,11-13H2,1H3,(H,21,22)(H2,19,20,23). The zero-order valence-corrected chi connectivity index (χ0v) is 13.5. The number of anilines is 1. The number of hydrogen-bond donors (Lipinski definition) is 3. The molecule has 0 heterocycles. The van der Waals surface area contributed by atoms with E-state index in [4.69, 9.17) is 4.74 Å². The average molecular weight is 327 g/mol. The first-order valence-corrected chi connectivity index (χ1v) is 7.67. The number of urea groups is 1. The Morgan fingerprint density at radius 1 is 0.958 bits per heavy atom. The van der Waals surface area contributed by atoms with Crippen molar-refractivity contribution >= 4 is 17.6 Å². The summed E-state index contributed by atoms with van der Waals surface area (Å²) in [5.41, 5.74) is 1.71. The highest BCUT2D eigenvalue weighted by atomic mass is 16.5. The van der Waals surface area contributed by atoms with Crippen LogP contribution < -0.4 is 20.7 Å². The summed E-state index contributed by atoms with van der Waals surface area (Å²) in [6.45, 7) is 0.363. The Hall–Kier alpha value is -3.02. The Kier molecular flexibility index (Phi) is 6.64. The highest BCUT2D eigenvalue weighted by Crippen LogP contribution is 2.17. The maximum absolute atomic E-state index is 11.7. The minimum Gasteiger partial charge on any atom is -0.496 e. The van der Waals surface area contributed by atoms with Crippen molar-refractivity contribution in [2.75, 3.05) is 25.5 Å². The number of ether oxygens (including phenoxy) is 1. The number of benzene rings is 2. The number of hydrogen-bond acceptors (Lipinski definition) is 3. The first kappa shape index (κ1) is 17.3. The molecule has 0 radical (unpaired) electrons. The van der Waals surface area contributed by atoms with E-state index in [0.29, 0.717) is 18.7 Å². The van der Waals surface area contributed by atoms with Crippen molar-refractivity contribution in [2.24, 2.45) is 0 Å². The molecular formula is C18H21N3O3. The fraction of sp³-hybridized carbons (Fsp3) is 0.222. The molecule has 6 nitrogen and oxygen atoms in total. The van der Waals surface area contributed by atoms with Crippen molar-refractivity contribution in [2.45, 2.75) is 6.42 Å². The van der Waals surface area contributed by atoms with Crippen LogP contribution >= 0.6 is 0 Å². The Morgan fingerprint density at radius 3 is 2.42 bits per heavy atom. The maximum atomic E-state index is 11.7. The van der Waals surface area contributed by atoms with Crippen LogP contribution in [-0.4, -0.2) is 32.1 Å². The van der Waals surface area contributed by atoms with Gasteiger partial charge in [-0.15, -0.1) is 0 Å². The van der Waals surface area contributed by atoms with E-state index in [1.807, 2.05) is 42.5 Å². The fourth-order valence-corrected chi connectivity index (χ4v) is 2.17. The van der Waals surface area contributed by atoms with Gasteiger partial charge in [-0.1, -0.05) is 36.4 Å². The molecule has 3 N–H and O–H groups in total. The fourth-order valence-electron chi connectivity index (χ4n) is 2.17. The molecule has 0 saturated heterocycles. The molecule has 2 rings (SSSR count). The number of para-hydroxylation sites is 2. The molecule has 0 aromatic heterocycles. The van der Waals surface area contributed by atoms with Gasteiger partial charge in [0.1, 0.15) is 5.75 Å². The lowest BCUT2D eigenvalue weighted by Crippen LogP contribution is -2.40. The van der Waals surface area contributed by atoms with Crippen LogP contribution in [-0.2, 0) is 11.2 Å². The van der Waals surface area contributed by atoms with Crippen LogP contribution in [0.5, 0.6) is 5.75 Å². The summed E-state index contributed by atoms with van der Waals surface area (Å²) >= 11 is 0. The van der Waals surface area contributed by atoms with E-state index >= 15 is 0 Å². The Labute approximate surface area is 141 Å². The van der Waals surface area contributed by atoms with E-state index in [0.717, 1.165) is 11.3 Å². The number of amides is 3. The van der Waals surface area contributed by atoms with Gasteiger partial charge >= 0.3 is 6.03 Å². The molecule has 0 saturated carbocycles. The molecule has 0 fully saturated rings. The van der Waals surface area contributed by atoms with Gasteiger partial charge in [0.05, 0.1) is 13.7 Å². The second kappa shape index (κ2) is 9.19. The second-order valence-electron chi connectivity index (χ2n) is 5.09. The first-order valence-electron chi connectivity index (χ1n) is 7.67. The van der Waals surface area contributed by atoms with Crippen molar-refractivity contribution in [3.8, 4) is 5.75 Å². The highest BCUT2D eigenvalue weighted by Gasteiger charge is 2.06. The van der Waals surface area contributed by atoms with E-state index in [1.54, 1.807) is 19.2 Å². The molecule has 0 aliphatic rings. The monoisotopic (exact) mass is 327 g/mol. The SMILES string of the molecule is COc1ccccc1CCNC(=O)NCC(=O)Nc1ccccc1. The Bertz CT molecular complexity index is 674. The molecule has 2 aromatic carbocycles. The molecule has 3 amide bonds. The lowest BCUT2D eigenvalue weighted by Gasteiger charge is -2.10. The zero-order chi connectivity index (χ0) is 17.2. The summed E-state index contributed by atoms with van der Waals surface area (Å²) < 4.78 is 5.26. The maximum Gasteiger partial charge on any atom is 0.315 e. The topological polar surface area (TPSA) is 79.5 Å². The summed E-state index contributed by atoms with van der Waals surface area (Å²) in [5, 5.41) is 7.94. The molecule has 0 atom stereocenters. The highest BCUT2D eigenvalue weighted by molar-refractivity contribution is 5.94. The summed E-state index contributed by atoms with van der Waals surface area (Å²) in [6.07, 6.45) is 0.646. The average Bonchev–Trinajstić information content (AvgIpc) is 2.61. The van der Waals surface area contributed by atoms with Crippen molar-refractivity contribution in [3.05, 3.63) is 60.2 Å². The molecule has 126 valence electrons. The summed E-state index contributed by atoms with van der Waals surface area (Å²) in [6, 6.07) is 16.4. The summed E-state index contributed by atoms with van der Waals surface area (Å²) in [4.78, 5) is 23.4. The largest absolute Gasteiger partial charge is 0.496 e. The van der Waals surface area contributed by atoms with E-state index in [9.17, 15) is 9.59 Å². The quantitative estimate of drug-likeness (QED) is 0.729. The lowest BCUT2D eigenvalue weighted by atomic mass is 10.1. The van der Waals surface area contributed by atoms with Crippen molar-refractivity contribution < 1.29 is 14.3 Å². The van der Waals surface area contributed by atoms with Gasteiger partial charge in [-0.05, 0) is 30.2 Å². The Balaban J connectivity index is 1.67. The van der Waals surface area contributed by atoms with Gasteiger partial charge in [-0.2, -0.15) is 0 Å². The molecular weight excluding hydrogens is 306 g/mol. The van der Waals surface area contributed by atoms with Crippen LogP contribution in [0, 0.1) is 0 Å². The van der Waals surface area contributed by atoms with Crippen molar-refractivity contribution in [1.82, 2.24) is 10.6 Å². The van der Waals surface area contributed by atoms with Gasteiger partial charge in [-0.25, -0.2) is 4.79 Å². The van der Waals surface area contributed by atoms with Gasteiger partial charge in [-0.3, -0.25) is 4.79 Å². The predicted octanol–water partition coefficient (Wildman–Crippen LogP) is 2.18. The lowest BCUT2D eigenvalue weighted by molar-refractivity contribution is -0.115. The minimum atomic E-state index is -0.381. The predicted molar refractivity (Wildman–Crippen MR) is 93.2 cm³/mol. The molecule has 24 heavy (non-hydrogen) atoms. The zero-order valence-electron chi connectivity index (χ0n) is 13.5. The third-order valence-electron chi connectivity index (χ3n) is 3.34. The van der Waals surface area contributed by atoms with Gasteiger partial charge < -0.3 is 20.7 Å². The van der Waals surface area contributed by atoms with E-state index < -0.39 is 0 Å². The summed E-state index contributed by atoms with van der Waals surface area (Å²) in [7, 11) is 1.62. The minimum absolute atomic E-state index is 0.0879. The number of carbonyl (C=O) groups excluding carboxylic acids is 2. The number of rotatable bonds is 7. The van der Waals surface area contributed by atoms with Gasteiger partial charge in [0, 0.05) is 12.2 Å². The number of methoxy groups -OCH3 is 1. The molecule has 0 unspecified atom stereocenters.